The van der Waals surface area contributed by atoms with Crippen molar-refractivity contribution in [1.29, 1.82) is 0 Å². The summed E-state index contributed by atoms with van der Waals surface area (Å²) in [5.41, 5.74) is 0. The second-order valence-corrected chi connectivity index (χ2v) is 9.28. The second-order valence-electron chi connectivity index (χ2n) is 2.03. The van der Waals surface area contributed by atoms with Crippen molar-refractivity contribution >= 4 is 37.8 Å². The molecule has 0 atom stereocenters. The van der Waals surface area contributed by atoms with Crippen molar-refractivity contribution < 1.29 is 14.4 Å². The normalized spacial score (nSPS) is 11.5. The van der Waals surface area contributed by atoms with E-state index >= 15 is 0 Å². The molecule has 7 heteroatoms. The summed E-state index contributed by atoms with van der Waals surface area (Å²) in [6.07, 6.45) is 0. The number of hydrogen-bond donors (Lipinski definition) is 2. The fourth-order valence-electron chi connectivity index (χ4n) is 0.570. The van der Waals surface area contributed by atoms with E-state index in [1.807, 2.05) is 30.3 Å². The van der Waals surface area contributed by atoms with Crippen molar-refractivity contribution in [2.75, 3.05) is 0 Å². The van der Waals surface area contributed by atoms with Gasteiger partial charge in [0, 0.05) is 15.3 Å². The van der Waals surface area contributed by atoms with Gasteiger partial charge in [0.15, 0.2) is 0 Å². The van der Waals surface area contributed by atoms with E-state index in [1.54, 1.807) is 0 Å². The lowest BCUT2D eigenvalue weighted by atomic mass is 10.4. The Labute approximate surface area is 87.4 Å². The molecule has 0 saturated heterocycles. The van der Waals surface area contributed by atoms with Gasteiger partial charge in [-0.2, -0.15) is 0 Å². The van der Waals surface area contributed by atoms with Crippen LogP contribution in [-0.4, -0.2) is 9.79 Å². The summed E-state index contributed by atoms with van der Waals surface area (Å²) in [6.45, 7) is -3.94. The molecular formula is C6H7O3PS3. The van der Waals surface area contributed by atoms with E-state index in [0.29, 0.717) is 10.4 Å². The van der Waals surface area contributed by atoms with Crippen LogP contribution in [-0.2, 0) is 4.57 Å². The van der Waals surface area contributed by atoms with Gasteiger partial charge in [-0.15, -0.1) is 0 Å². The number of hydrogen-bond acceptors (Lipinski definition) is 4. The molecule has 0 aliphatic carbocycles. The number of benzene rings is 1. The average molecular weight is 254 g/mol. The molecule has 0 aliphatic heterocycles. The third-order valence-electron chi connectivity index (χ3n) is 1.00. The topological polar surface area (TPSA) is 57.5 Å². The Morgan fingerprint density at radius 2 is 1.77 bits per heavy atom. The lowest BCUT2D eigenvalue weighted by Gasteiger charge is -2.00. The first kappa shape index (κ1) is 11.5. The molecule has 0 aromatic heterocycles. The van der Waals surface area contributed by atoms with E-state index in [9.17, 15) is 4.57 Å². The van der Waals surface area contributed by atoms with Gasteiger partial charge in [-0.05, 0) is 32.8 Å². The Morgan fingerprint density at radius 3 is 2.31 bits per heavy atom. The summed E-state index contributed by atoms with van der Waals surface area (Å²) >= 11 is 0. The molecule has 0 radical (unpaired) electrons. The first-order chi connectivity index (χ1) is 6.08. The highest BCUT2D eigenvalue weighted by Gasteiger charge is 2.14. The van der Waals surface area contributed by atoms with Crippen LogP contribution in [0.2, 0.25) is 0 Å². The molecule has 0 saturated carbocycles. The highest BCUT2D eigenvalue weighted by Crippen LogP contribution is 2.61. The van der Waals surface area contributed by atoms with Crippen LogP contribution in [0.15, 0.2) is 35.2 Å². The predicted molar refractivity (Wildman–Crippen MR) is 59.5 cm³/mol. The molecule has 2 N–H and O–H groups in total. The molecule has 72 valence electrons. The van der Waals surface area contributed by atoms with Crippen LogP contribution < -0.4 is 0 Å². The summed E-state index contributed by atoms with van der Waals surface area (Å²) in [6, 6.07) is 9.43. The van der Waals surface area contributed by atoms with Crippen LogP contribution in [0.4, 0.5) is 0 Å². The van der Waals surface area contributed by atoms with Crippen molar-refractivity contribution in [2.24, 2.45) is 0 Å². The summed E-state index contributed by atoms with van der Waals surface area (Å²) in [5, 5.41) is 0. The van der Waals surface area contributed by atoms with E-state index in [2.05, 4.69) is 0 Å². The van der Waals surface area contributed by atoms with Gasteiger partial charge in [0.25, 0.3) is 0 Å². The lowest BCUT2D eigenvalue weighted by molar-refractivity contribution is 0.397. The van der Waals surface area contributed by atoms with Crippen molar-refractivity contribution in [2.45, 2.75) is 4.90 Å². The fourth-order valence-corrected chi connectivity index (χ4v) is 6.58. The molecule has 0 heterocycles. The minimum Gasteiger partial charge on any atom is -0.316 e. The molecule has 0 unspecified atom stereocenters. The van der Waals surface area contributed by atoms with E-state index in [1.165, 1.54) is 10.8 Å². The molecule has 0 amide bonds. The third-order valence-corrected chi connectivity index (χ3v) is 7.89. The van der Waals surface area contributed by atoms with Gasteiger partial charge in [0.1, 0.15) is 0 Å². The molecular weight excluding hydrogens is 247 g/mol. The smallest absolute Gasteiger partial charge is 0.316 e. The standard InChI is InChI=1S/C6H7O3PS3/c7-10(8,9)12-13-11-6-4-2-1-3-5-6/h1-5H,(H2,7,8,9). The number of rotatable bonds is 4. The maximum Gasteiger partial charge on any atom is 0.395 e. The highest BCUT2D eigenvalue weighted by atomic mass is 33.6. The van der Waals surface area contributed by atoms with Crippen LogP contribution >= 0.6 is 37.8 Å². The SMILES string of the molecule is O=P(O)(O)SSSc1ccccc1. The Hall–Kier alpha value is 0.420. The van der Waals surface area contributed by atoms with E-state index < -0.39 is 6.80 Å². The van der Waals surface area contributed by atoms with Crippen LogP contribution in [0.5, 0.6) is 0 Å². The Bertz CT molecular complexity index is 299. The first-order valence-electron chi connectivity index (χ1n) is 3.21. The Balaban J connectivity index is 2.33. The van der Waals surface area contributed by atoms with Crippen molar-refractivity contribution in [1.82, 2.24) is 0 Å². The molecule has 1 aromatic carbocycles. The van der Waals surface area contributed by atoms with Gasteiger partial charge in [-0.3, -0.25) is 0 Å². The molecule has 0 fully saturated rings. The van der Waals surface area contributed by atoms with Gasteiger partial charge in [0.2, 0.25) is 0 Å². The average Bonchev–Trinajstić information content (AvgIpc) is 2.04. The third kappa shape index (κ3) is 5.67. The monoisotopic (exact) mass is 254 g/mol. The van der Waals surface area contributed by atoms with Crippen molar-refractivity contribution in [3.05, 3.63) is 30.3 Å². The van der Waals surface area contributed by atoms with Crippen molar-refractivity contribution in [3.63, 3.8) is 0 Å². The summed E-state index contributed by atoms with van der Waals surface area (Å²) in [4.78, 5) is 18.1. The minimum atomic E-state index is -3.94. The summed E-state index contributed by atoms with van der Waals surface area (Å²) < 4.78 is 10.4. The quantitative estimate of drug-likeness (QED) is 0.635. The van der Waals surface area contributed by atoms with Crippen LogP contribution in [0.25, 0.3) is 0 Å². The molecule has 0 aliphatic rings. The van der Waals surface area contributed by atoms with Crippen LogP contribution in [0.1, 0.15) is 0 Å². The highest BCUT2D eigenvalue weighted by molar-refractivity contribution is 9.20. The fraction of sp³-hybridized carbons (Fsp3) is 0. The van der Waals surface area contributed by atoms with E-state index in [4.69, 9.17) is 9.79 Å². The van der Waals surface area contributed by atoms with Crippen LogP contribution in [0.3, 0.4) is 0 Å². The molecule has 0 spiro atoms. The Morgan fingerprint density at radius 1 is 1.15 bits per heavy atom. The van der Waals surface area contributed by atoms with Gasteiger partial charge < -0.3 is 9.79 Å². The van der Waals surface area contributed by atoms with Crippen molar-refractivity contribution in [3.8, 4) is 0 Å². The zero-order chi connectivity index (χ0) is 9.73. The first-order valence-corrected chi connectivity index (χ1v) is 8.91. The van der Waals surface area contributed by atoms with Gasteiger partial charge >= 0.3 is 6.80 Å². The maximum absolute atomic E-state index is 10.4. The van der Waals surface area contributed by atoms with Gasteiger partial charge in [-0.1, -0.05) is 18.2 Å². The molecule has 13 heavy (non-hydrogen) atoms. The predicted octanol–water partition coefficient (Wildman–Crippen LogP) is 3.17. The van der Waals surface area contributed by atoms with Gasteiger partial charge in [-0.25, -0.2) is 4.57 Å². The summed E-state index contributed by atoms with van der Waals surface area (Å²) in [5.74, 6) is 0. The summed E-state index contributed by atoms with van der Waals surface area (Å²) in [7, 11) is 2.99. The zero-order valence-corrected chi connectivity index (χ0v) is 9.71. The second kappa shape index (κ2) is 5.34. The van der Waals surface area contributed by atoms with E-state index in [-0.39, 0.29) is 0 Å². The minimum absolute atomic E-state index is 0.575. The van der Waals surface area contributed by atoms with Crippen LogP contribution in [0, 0.1) is 0 Å². The van der Waals surface area contributed by atoms with Gasteiger partial charge in [0.05, 0.1) is 0 Å². The lowest BCUT2D eigenvalue weighted by Crippen LogP contribution is -1.64. The Kier molecular flexibility index (Phi) is 4.72. The molecule has 1 aromatic rings. The molecule has 1 rings (SSSR count). The maximum atomic E-state index is 10.4. The zero-order valence-electron chi connectivity index (χ0n) is 6.36. The largest absolute Gasteiger partial charge is 0.395 e. The molecule has 3 nitrogen and oxygen atoms in total. The van der Waals surface area contributed by atoms with E-state index in [0.717, 1.165) is 14.7 Å². The molecule has 0 bridgehead atoms.